The number of carbonyl (C=O) groups excluding carboxylic acids is 1. The van der Waals surface area contributed by atoms with Crippen LogP contribution in [-0.4, -0.2) is 60.1 Å². The molecule has 2 saturated heterocycles. The molecule has 0 aromatic carbocycles. The molecule has 2 atom stereocenters. The summed E-state index contributed by atoms with van der Waals surface area (Å²) in [6, 6.07) is 4.09. The molecule has 5 heteroatoms. The summed E-state index contributed by atoms with van der Waals surface area (Å²) in [4.78, 5) is 20.8. The number of methoxy groups -OCH3 is 1. The number of nitrogens with zero attached hydrogens (tertiary/aromatic N) is 3. The Balaban J connectivity index is 1.56. The van der Waals surface area contributed by atoms with Gasteiger partial charge in [0.25, 0.3) is 0 Å². The summed E-state index contributed by atoms with van der Waals surface area (Å²) in [6.07, 6.45) is 6.73. The Labute approximate surface area is 132 Å². The zero-order valence-corrected chi connectivity index (χ0v) is 13.3. The van der Waals surface area contributed by atoms with Crippen LogP contribution in [0.2, 0.25) is 0 Å². The van der Waals surface area contributed by atoms with Crippen LogP contribution in [0.1, 0.15) is 24.8 Å². The molecule has 0 saturated carbocycles. The fourth-order valence-corrected chi connectivity index (χ4v) is 3.59. The van der Waals surface area contributed by atoms with E-state index in [1.54, 1.807) is 7.11 Å². The minimum absolute atomic E-state index is 0.161. The summed E-state index contributed by atoms with van der Waals surface area (Å²) >= 11 is 0. The SMILES string of the molecule is CO[C@H]1CN(Cc2ccncc2)C[C@@H]1CC(=O)N1CCCC1. The second kappa shape index (κ2) is 7.20. The van der Waals surface area contributed by atoms with Crippen molar-refractivity contribution in [2.45, 2.75) is 31.9 Å². The van der Waals surface area contributed by atoms with E-state index in [0.717, 1.165) is 45.6 Å². The van der Waals surface area contributed by atoms with E-state index in [1.807, 2.05) is 29.4 Å². The maximum absolute atomic E-state index is 12.4. The molecular weight excluding hydrogens is 278 g/mol. The van der Waals surface area contributed by atoms with Gasteiger partial charge in [0.05, 0.1) is 6.10 Å². The highest BCUT2D eigenvalue weighted by molar-refractivity contribution is 5.76. The van der Waals surface area contributed by atoms with E-state index in [1.165, 1.54) is 5.56 Å². The van der Waals surface area contributed by atoms with E-state index in [0.29, 0.717) is 18.2 Å². The van der Waals surface area contributed by atoms with Crippen molar-refractivity contribution < 1.29 is 9.53 Å². The van der Waals surface area contributed by atoms with Gasteiger partial charge in [-0.1, -0.05) is 0 Å². The lowest BCUT2D eigenvalue weighted by Crippen LogP contribution is -2.32. The average molecular weight is 303 g/mol. The van der Waals surface area contributed by atoms with Crippen LogP contribution in [0.3, 0.4) is 0 Å². The Morgan fingerprint density at radius 2 is 2.00 bits per heavy atom. The lowest BCUT2D eigenvalue weighted by molar-refractivity contribution is -0.131. The van der Waals surface area contributed by atoms with Gasteiger partial charge < -0.3 is 9.64 Å². The van der Waals surface area contributed by atoms with Crippen molar-refractivity contribution in [1.82, 2.24) is 14.8 Å². The first-order chi connectivity index (χ1) is 10.8. The summed E-state index contributed by atoms with van der Waals surface area (Å²) < 4.78 is 5.63. The van der Waals surface area contributed by atoms with Crippen LogP contribution in [0, 0.1) is 5.92 Å². The second-order valence-corrected chi connectivity index (χ2v) is 6.38. The Kier molecular flexibility index (Phi) is 5.05. The Bertz CT molecular complexity index is 488. The molecular formula is C17H25N3O2. The number of pyridine rings is 1. The topological polar surface area (TPSA) is 45.7 Å². The largest absolute Gasteiger partial charge is 0.380 e. The number of rotatable bonds is 5. The Morgan fingerprint density at radius 1 is 1.27 bits per heavy atom. The van der Waals surface area contributed by atoms with Gasteiger partial charge in [-0.3, -0.25) is 14.7 Å². The third kappa shape index (κ3) is 3.65. The molecule has 2 aliphatic rings. The van der Waals surface area contributed by atoms with Gasteiger partial charge in [0.15, 0.2) is 0 Å². The van der Waals surface area contributed by atoms with Crippen molar-refractivity contribution in [2.75, 3.05) is 33.3 Å². The van der Waals surface area contributed by atoms with E-state index in [-0.39, 0.29) is 6.10 Å². The molecule has 0 N–H and O–H groups in total. The van der Waals surface area contributed by atoms with Gasteiger partial charge in [-0.25, -0.2) is 0 Å². The van der Waals surface area contributed by atoms with Crippen LogP contribution in [0.5, 0.6) is 0 Å². The molecule has 1 amide bonds. The van der Waals surface area contributed by atoms with Crippen LogP contribution in [0.4, 0.5) is 0 Å². The lowest BCUT2D eigenvalue weighted by atomic mass is 10.0. The maximum atomic E-state index is 12.4. The summed E-state index contributed by atoms with van der Waals surface area (Å²) in [6.45, 7) is 4.60. The quantitative estimate of drug-likeness (QED) is 0.828. The van der Waals surface area contributed by atoms with Crippen LogP contribution in [0.15, 0.2) is 24.5 Å². The number of hydrogen-bond acceptors (Lipinski definition) is 4. The first-order valence-electron chi connectivity index (χ1n) is 8.18. The van der Waals surface area contributed by atoms with Crippen molar-refractivity contribution in [3.8, 4) is 0 Å². The molecule has 0 aliphatic carbocycles. The van der Waals surface area contributed by atoms with E-state index < -0.39 is 0 Å². The smallest absolute Gasteiger partial charge is 0.222 e. The van der Waals surface area contributed by atoms with Gasteiger partial charge in [0.1, 0.15) is 0 Å². The molecule has 1 aromatic rings. The monoisotopic (exact) mass is 303 g/mol. The number of aromatic nitrogens is 1. The van der Waals surface area contributed by atoms with Gasteiger partial charge in [0, 0.05) is 64.6 Å². The summed E-state index contributed by atoms with van der Waals surface area (Å²) in [5, 5.41) is 0. The number of ether oxygens (including phenoxy) is 1. The van der Waals surface area contributed by atoms with Crippen LogP contribution >= 0.6 is 0 Å². The summed E-state index contributed by atoms with van der Waals surface area (Å²) in [5.74, 6) is 0.607. The van der Waals surface area contributed by atoms with Gasteiger partial charge >= 0.3 is 0 Å². The highest BCUT2D eigenvalue weighted by atomic mass is 16.5. The highest BCUT2D eigenvalue weighted by Gasteiger charge is 2.35. The Hall–Kier alpha value is -1.46. The normalized spacial score (nSPS) is 25.8. The van der Waals surface area contributed by atoms with Crippen molar-refractivity contribution in [3.63, 3.8) is 0 Å². The van der Waals surface area contributed by atoms with E-state index in [2.05, 4.69) is 9.88 Å². The molecule has 1 aromatic heterocycles. The third-order valence-corrected chi connectivity index (χ3v) is 4.81. The van der Waals surface area contributed by atoms with Gasteiger partial charge in [0.2, 0.25) is 5.91 Å². The molecule has 3 heterocycles. The van der Waals surface area contributed by atoms with Crippen molar-refractivity contribution in [1.29, 1.82) is 0 Å². The minimum Gasteiger partial charge on any atom is -0.380 e. The van der Waals surface area contributed by atoms with E-state index >= 15 is 0 Å². The molecule has 0 bridgehead atoms. The van der Waals surface area contributed by atoms with Gasteiger partial charge in [-0.05, 0) is 30.5 Å². The number of amides is 1. The molecule has 2 aliphatic heterocycles. The first kappa shape index (κ1) is 15.4. The van der Waals surface area contributed by atoms with Crippen molar-refractivity contribution in [2.24, 2.45) is 5.92 Å². The van der Waals surface area contributed by atoms with Gasteiger partial charge in [-0.2, -0.15) is 0 Å². The summed E-state index contributed by atoms with van der Waals surface area (Å²) in [7, 11) is 1.76. The molecule has 120 valence electrons. The molecule has 3 rings (SSSR count). The average Bonchev–Trinajstić information content (AvgIpc) is 3.18. The zero-order valence-electron chi connectivity index (χ0n) is 13.3. The summed E-state index contributed by atoms with van der Waals surface area (Å²) in [5.41, 5.74) is 1.26. The van der Waals surface area contributed by atoms with Crippen LogP contribution in [0.25, 0.3) is 0 Å². The first-order valence-corrected chi connectivity index (χ1v) is 8.18. The molecule has 0 spiro atoms. The fraction of sp³-hybridized carbons (Fsp3) is 0.647. The Morgan fingerprint density at radius 3 is 2.68 bits per heavy atom. The zero-order chi connectivity index (χ0) is 15.4. The minimum atomic E-state index is 0.161. The lowest BCUT2D eigenvalue weighted by Gasteiger charge is -2.21. The number of likely N-dealkylation sites (tertiary alicyclic amines) is 2. The number of hydrogen-bond donors (Lipinski definition) is 0. The molecule has 2 fully saturated rings. The van der Waals surface area contributed by atoms with Crippen LogP contribution < -0.4 is 0 Å². The maximum Gasteiger partial charge on any atom is 0.222 e. The predicted molar refractivity (Wildman–Crippen MR) is 84.2 cm³/mol. The molecule has 5 nitrogen and oxygen atoms in total. The van der Waals surface area contributed by atoms with Crippen LogP contribution in [-0.2, 0) is 16.1 Å². The van der Waals surface area contributed by atoms with Crippen molar-refractivity contribution in [3.05, 3.63) is 30.1 Å². The molecule has 0 unspecified atom stereocenters. The molecule has 0 radical (unpaired) electrons. The molecule has 22 heavy (non-hydrogen) atoms. The standard InChI is InChI=1S/C17H25N3O2/c1-22-16-13-19(11-14-4-6-18-7-5-14)12-15(16)10-17(21)20-8-2-3-9-20/h4-7,15-16H,2-3,8-13H2,1H3/t15-,16-/m0/s1. The fourth-order valence-electron chi connectivity index (χ4n) is 3.59. The third-order valence-electron chi connectivity index (χ3n) is 4.81. The number of carbonyl (C=O) groups is 1. The van der Waals surface area contributed by atoms with Gasteiger partial charge in [-0.15, -0.1) is 0 Å². The second-order valence-electron chi connectivity index (χ2n) is 6.38. The van der Waals surface area contributed by atoms with E-state index in [4.69, 9.17) is 4.74 Å². The van der Waals surface area contributed by atoms with Crippen molar-refractivity contribution >= 4 is 5.91 Å². The van der Waals surface area contributed by atoms with E-state index in [9.17, 15) is 4.79 Å². The predicted octanol–water partition coefficient (Wildman–Crippen LogP) is 1.54. The highest BCUT2D eigenvalue weighted by Crippen LogP contribution is 2.25.